The van der Waals surface area contributed by atoms with E-state index < -0.39 is 0 Å². The van der Waals surface area contributed by atoms with Crippen LogP contribution in [0.1, 0.15) is 80.2 Å². The van der Waals surface area contributed by atoms with Crippen molar-refractivity contribution in [2.45, 2.75) is 74.7 Å². The van der Waals surface area contributed by atoms with E-state index in [2.05, 4.69) is 56.3 Å². The number of hydrogen-bond donors (Lipinski definition) is 1. The summed E-state index contributed by atoms with van der Waals surface area (Å²) in [5, 5.41) is 3.87. The average molecular weight is 558 g/mol. The van der Waals surface area contributed by atoms with E-state index in [0.29, 0.717) is 34.4 Å². The predicted octanol–water partition coefficient (Wildman–Crippen LogP) is 10.4. The third-order valence-electron chi connectivity index (χ3n) is 6.04. The van der Waals surface area contributed by atoms with Crippen LogP contribution in [0, 0.1) is 17.7 Å². The zero-order chi connectivity index (χ0) is 30.0. The molecule has 1 N–H and O–H groups in total. The molecular formula is C33H49ClFN3O. The fraction of sp³-hybridized carbons (Fsp3) is 0.455. The molecule has 216 valence electrons. The maximum atomic E-state index is 13.2. The molecule has 2 aromatic rings. The zero-order valence-electron chi connectivity index (χ0n) is 25.5. The van der Waals surface area contributed by atoms with Gasteiger partial charge in [-0.2, -0.15) is 0 Å². The Bertz CT molecular complexity index is 1070. The van der Waals surface area contributed by atoms with Gasteiger partial charge in [-0.05, 0) is 79.9 Å². The number of aliphatic imine (C=N–C) groups is 2. The maximum absolute atomic E-state index is 13.2. The first kappa shape index (κ1) is 36.1. The monoisotopic (exact) mass is 557 g/mol. The summed E-state index contributed by atoms with van der Waals surface area (Å²) in [5.74, 6) is 2.75. The van der Waals surface area contributed by atoms with Crippen LogP contribution >= 0.6 is 11.6 Å². The van der Waals surface area contributed by atoms with Crippen molar-refractivity contribution in [2.75, 3.05) is 19.0 Å². The minimum atomic E-state index is -0.318. The molecule has 0 aliphatic heterocycles. The van der Waals surface area contributed by atoms with E-state index in [-0.39, 0.29) is 5.82 Å². The molecule has 0 aromatic heterocycles. The fourth-order valence-corrected chi connectivity index (χ4v) is 3.57. The summed E-state index contributed by atoms with van der Waals surface area (Å²) >= 11 is 6.06. The number of anilines is 1. The lowest BCUT2D eigenvalue weighted by molar-refractivity contribution is 0.219. The van der Waals surface area contributed by atoms with Gasteiger partial charge >= 0.3 is 0 Å². The third kappa shape index (κ3) is 13.1. The Balaban J connectivity index is 0.00000110. The molecule has 1 saturated carbocycles. The molecular weight excluding hydrogens is 509 g/mol. The van der Waals surface area contributed by atoms with Crippen molar-refractivity contribution in [3.05, 3.63) is 82.3 Å². The van der Waals surface area contributed by atoms with Crippen molar-refractivity contribution in [3.8, 4) is 5.75 Å². The van der Waals surface area contributed by atoms with Crippen LogP contribution in [-0.4, -0.2) is 26.2 Å². The quantitative estimate of drug-likeness (QED) is 0.209. The number of nitrogens with one attached hydrogen (secondary N) is 1. The molecule has 0 amide bonds. The number of benzene rings is 2. The molecule has 3 rings (SSSR count). The summed E-state index contributed by atoms with van der Waals surface area (Å²) in [5.41, 5.74) is 4.01. The molecule has 1 fully saturated rings. The summed E-state index contributed by atoms with van der Waals surface area (Å²) in [4.78, 5) is 8.61. The van der Waals surface area contributed by atoms with Crippen molar-refractivity contribution < 1.29 is 9.13 Å². The number of rotatable bonds is 7. The smallest absolute Gasteiger partial charge is 0.159 e. The predicted molar refractivity (Wildman–Crippen MR) is 171 cm³/mol. The third-order valence-corrected chi connectivity index (χ3v) is 6.35. The van der Waals surface area contributed by atoms with Crippen LogP contribution in [0.2, 0.25) is 5.02 Å². The Morgan fingerprint density at radius 1 is 1.05 bits per heavy atom. The molecule has 1 aliphatic carbocycles. The van der Waals surface area contributed by atoms with E-state index in [4.69, 9.17) is 16.3 Å². The lowest BCUT2D eigenvalue weighted by atomic mass is 9.77. The molecule has 39 heavy (non-hydrogen) atoms. The molecule has 2 aromatic carbocycles. The van der Waals surface area contributed by atoms with Crippen molar-refractivity contribution in [3.63, 3.8) is 0 Å². The Kier molecular flexibility index (Phi) is 18.5. The molecule has 1 aliphatic rings. The summed E-state index contributed by atoms with van der Waals surface area (Å²) in [6.07, 6.45) is 4.20. The Hall–Kier alpha value is -2.92. The minimum absolute atomic E-state index is 0.318. The fourth-order valence-electron chi connectivity index (χ4n) is 3.37. The van der Waals surface area contributed by atoms with Gasteiger partial charge in [0.1, 0.15) is 11.6 Å². The number of amidine groups is 1. The maximum Gasteiger partial charge on any atom is 0.159 e. The molecule has 6 heteroatoms. The van der Waals surface area contributed by atoms with E-state index in [1.54, 1.807) is 25.3 Å². The van der Waals surface area contributed by atoms with E-state index in [9.17, 15) is 4.39 Å². The van der Waals surface area contributed by atoms with E-state index in [1.807, 2.05) is 39.8 Å². The molecule has 0 radical (unpaired) electrons. The van der Waals surface area contributed by atoms with Gasteiger partial charge in [-0.1, -0.05) is 79.0 Å². The van der Waals surface area contributed by atoms with Gasteiger partial charge < -0.3 is 10.1 Å². The highest BCUT2D eigenvalue weighted by atomic mass is 35.5. The molecule has 0 saturated heterocycles. The van der Waals surface area contributed by atoms with Crippen LogP contribution in [0.15, 0.2) is 75.9 Å². The van der Waals surface area contributed by atoms with Crippen LogP contribution in [0.5, 0.6) is 5.75 Å². The van der Waals surface area contributed by atoms with Crippen LogP contribution in [0.25, 0.3) is 0 Å². The second-order valence-corrected chi connectivity index (χ2v) is 9.86. The number of allylic oxidation sites excluding steroid dienone is 1. The zero-order valence-corrected chi connectivity index (χ0v) is 26.3. The summed E-state index contributed by atoms with van der Waals surface area (Å²) in [6, 6.07) is 11.4. The Morgan fingerprint density at radius 2 is 1.59 bits per heavy atom. The van der Waals surface area contributed by atoms with Crippen molar-refractivity contribution in [1.29, 1.82) is 0 Å². The van der Waals surface area contributed by atoms with Crippen molar-refractivity contribution in [2.24, 2.45) is 21.8 Å². The summed E-state index contributed by atoms with van der Waals surface area (Å²) < 4.78 is 18.4. The van der Waals surface area contributed by atoms with Gasteiger partial charge in [0.2, 0.25) is 0 Å². The summed E-state index contributed by atoms with van der Waals surface area (Å²) in [7, 11) is 1.57. The second kappa shape index (κ2) is 20.0. The Morgan fingerprint density at radius 3 is 2.00 bits per heavy atom. The van der Waals surface area contributed by atoms with Crippen LogP contribution in [0.3, 0.4) is 0 Å². The Labute approximate surface area is 242 Å². The van der Waals surface area contributed by atoms with E-state index in [1.165, 1.54) is 31.4 Å². The second-order valence-electron chi connectivity index (χ2n) is 9.45. The largest absolute Gasteiger partial charge is 0.495 e. The van der Waals surface area contributed by atoms with Gasteiger partial charge in [0, 0.05) is 23.9 Å². The molecule has 0 heterocycles. The highest BCUT2D eigenvalue weighted by molar-refractivity contribution is 6.32. The first-order valence-corrected chi connectivity index (χ1v) is 14.2. The first-order chi connectivity index (χ1) is 18.6. The van der Waals surface area contributed by atoms with E-state index >= 15 is 0 Å². The highest BCUT2D eigenvalue weighted by Crippen LogP contribution is 2.32. The number of nitrogens with zero attached hydrogens (tertiary/aromatic N) is 2. The number of methoxy groups -OCH3 is 1. The van der Waals surface area contributed by atoms with Crippen molar-refractivity contribution in [1.82, 2.24) is 0 Å². The number of ether oxygens (including phenoxy) is 1. The van der Waals surface area contributed by atoms with Crippen LogP contribution in [0.4, 0.5) is 10.1 Å². The SMILES string of the molecule is C=NC(=N/C(C(=C)C)=C(/C)CNc1ccc(Cl)c(OC)c1)c1ccc(F)cc1.CC.CCC.C[C@@H]1CC[C@H]1C. The van der Waals surface area contributed by atoms with Gasteiger partial charge in [-0.25, -0.2) is 14.4 Å². The van der Waals surface area contributed by atoms with E-state index in [0.717, 1.165) is 28.7 Å². The molecule has 4 nitrogen and oxygen atoms in total. The van der Waals surface area contributed by atoms with Crippen LogP contribution in [-0.2, 0) is 0 Å². The highest BCUT2D eigenvalue weighted by Gasteiger charge is 2.20. The number of hydrogen-bond acceptors (Lipinski definition) is 3. The normalized spacial score (nSPS) is 16.3. The van der Waals surface area contributed by atoms with Gasteiger partial charge in [-0.15, -0.1) is 0 Å². The van der Waals surface area contributed by atoms with Gasteiger partial charge in [-0.3, -0.25) is 0 Å². The standard InChI is InChI=1S/C22H23ClFN3O.C6H12.C3H8.C2H6/c1-14(2)21(27-22(25-4)16-6-8-17(24)9-7-16)15(3)13-26-18-10-11-19(23)20(12-18)28-5;1-5-3-4-6(5)2;1-3-2;1-2/h6-12,26H,1,4,13H2,2-3,5H3;5-6H,3-4H2,1-2H3;3H2,1-2H3;1-2H3/b21-15-,27-22?;;;/t;5-,6-;;/m.1../s1. The molecule has 0 spiro atoms. The average Bonchev–Trinajstić information content (AvgIpc) is 2.94. The van der Waals surface area contributed by atoms with Crippen molar-refractivity contribution >= 4 is 29.8 Å². The molecule has 0 unspecified atom stereocenters. The van der Waals surface area contributed by atoms with Gasteiger partial charge in [0.15, 0.2) is 5.84 Å². The number of halogens is 2. The summed E-state index contributed by atoms with van der Waals surface area (Å²) in [6.45, 7) is 24.9. The molecule has 0 bridgehead atoms. The molecule has 2 atom stereocenters. The van der Waals surface area contributed by atoms with Gasteiger partial charge in [0.05, 0.1) is 17.8 Å². The van der Waals surface area contributed by atoms with Crippen LogP contribution < -0.4 is 10.1 Å². The van der Waals surface area contributed by atoms with Gasteiger partial charge in [0.25, 0.3) is 0 Å². The minimum Gasteiger partial charge on any atom is -0.495 e. The lowest BCUT2D eigenvalue weighted by Crippen LogP contribution is -2.18. The first-order valence-electron chi connectivity index (χ1n) is 13.8. The topological polar surface area (TPSA) is 46.0 Å². The lowest BCUT2D eigenvalue weighted by Gasteiger charge is -2.29.